The molecule has 0 fully saturated rings. The van der Waals surface area contributed by atoms with Crippen molar-refractivity contribution in [2.75, 3.05) is 12.5 Å². The average Bonchev–Trinajstić information content (AvgIpc) is 3.10. The van der Waals surface area contributed by atoms with Gasteiger partial charge in [0.2, 0.25) is 0 Å². The summed E-state index contributed by atoms with van der Waals surface area (Å²) in [7, 11) is -1.02. The van der Waals surface area contributed by atoms with Crippen LogP contribution in [0.1, 0.15) is 27.8 Å². The average molecular weight is 401 g/mol. The predicted molar refractivity (Wildman–Crippen MR) is 117 cm³/mol. The Labute approximate surface area is 167 Å². The minimum Gasteiger partial charge on any atom is -0.488 e. The van der Waals surface area contributed by atoms with Crippen LogP contribution in [0.15, 0.2) is 45.2 Å². The second kappa shape index (κ2) is 8.36. The molecule has 0 radical (unpaired) electrons. The highest BCUT2D eigenvalue weighted by molar-refractivity contribution is 8.16. The molecule has 3 nitrogen and oxygen atoms in total. The molecule has 2 aromatic carbocycles. The van der Waals surface area contributed by atoms with E-state index in [1.54, 1.807) is 12.5 Å². The molecule has 0 aliphatic rings. The van der Waals surface area contributed by atoms with Crippen molar-refractivity contribution in [3.05, 3.63) is 68.6 Å². The van der Waals surface area contributed by atoms with E-state index >= 15 is 0 Å². The van der Waals surface area contributed by atoms with Crippen molar-refractivity contribution < 1.29 is 13.4 Å². The van der Waals surface area contributed by atoms with Crippen molar-refractivity contribution in [3.63, 3.8) is 0 Å². The van der Waals surface area contributed by atoms with Crippen LogP contribution in [-0.2, 0) is 17.4 Å². The number of rotatable bonds is 6. The molecule has 27 heavy (non-hydrogen) atoms. The second-order valence-electron chi connectivity index (χ2n) is 6.64. The lowest BCUT2D eigenvalue weighted by molar-refractivity contribution is 0.305. The lowest BCUT2D eigenvalue weighted by atomic mass is 10.0. The van der Waals surface area contributed by atoms with Crippen molar-refractivity contribution in [2.24, 2.45) is 0 Å². The van der Waals surface area contributed by atoms with Gasteiger partial charge in [0.1, 0.15) is 17.9 Å². The van der Waals surface area contributed by atoms with E-state index in [0.29, 0.717) is 6.61 Å². The molecule has 3 aromatic rings. The molecule has 1 aromatic heterocycles. The maximum atomic E-state index is 11.9. The molecule has 0 amide bonds. The number of furan rings is 1. The lowest BCUT2D eigenvalue weighted by Crippen LogP contribution is -1.99. The van der Waals surface area contributed by atoms with E-state index in [2.05, 4.69) is 38.1 Å². The van der Waals surface area contributed by atoms with Crippen LogP contribution < -0.4 is 4.74 Å². The van der Waals surface area contributed by atoms with Crippen LogP contribution in [0.25, 0.3) is 17.0 Å². The molecule has 0 saturated heterocycles. The molecule has 1 heterocycles. The summed E-state index contributed by atoms with van der Waals surface area (Å²) in [6.45, 7) is 6.66. The van der Waals surface area contributed by atoms with Crippen molar-refractivity contribution in [1.82, 2.24) is 0 Å². The van der Waals surface area contributed by atoms with Gasteiger partial charge in [-0.1, -0.05) is 0 Å². The minimum atomic E-state index is -1.02. The zero-order valence-corrected chi connectivity index (χ0v) is 17.9. The Morgan fingerprint density at radius 1 is 1.15 bits per heavy atom. The second-order valence-corrected chi connectivity index (χ2v) is 9.09. The van der Waals surface area contributed by atoms with Crippen LogP contribution in [0.4, 0.5) is 0 Å². The first-order valence-corrected chi connectivity index (χ1v) is 11.5. The van der Waals surface area contributed by atoms with Gasteiger partial charge in [-0.05, 0) is 85.7 Å². The molecule has 0 N–H and O–H groups in total. The fourth-order valence-corrected chi connectivity index (χ4v) is 4.50. The first-order valence-electron chi connectivity index (χ1n) is 8.69. The summed E-state index contributed by atoms with van der Waals surface area (Å²) < 4.78 is 24.5. The summed E-state index contributed by atoms with van der Waals surface area (Å²) in [5, 5.41) is 1.08. The van der Waals surface area contributed by atoms with E-state index in [4.69, 9.17) is 9.15 Å². The highest BCUT2D eigenvalue weighted by atomic mass is 32.2. The largest absolute Gasteiger partial charge is 0.488 e. The third-order valence-corrected chi connectivity index (χ3v) is 6.98. The maximum absolute atomic E-state index is 11.9. The summed E-state index contributed by atoms with van der Waals surface area (Å²) >= 11 is 1.51. The monoisotopic (exact) mass is 400 g/mol. The van der Waals surface area contributed by atoms with Crippen LogP contribution in [0, 0.1) is 20.8 Å². The number of ether oxygens (including phenoxy) is 1. The van der Waals surface area contributed by atoms with Gasteiger partial charge in [-0.2, -0.15) is 0 Å². The smallest absolute Gasteiger partial charge is 0.136 e. The Kier molecular flexibility index (Phi) is 6.12. The fraction of sp³-hybridized carbons (Fsp3) is 0.273. The molecule has 0 aliphatic heterocycles. The predicted octanol–water partition coefficient (Wildman–Crippen LogP) is 5.98. The first kappa shape index (κ1) is 19.8. The van der Waals surface area contributed by atoms with Gasteiger partial charge in [0.15, 0.2) is 0 Å². The number of thioether (sulfide) groups is 1. The molecular weight excluding hydrogens is 376 g/mol. The molecule has 142 valence electrons. The first-order chi connectivity index (χ1) is 12.9. The third kappa shape index (κ3) is 4.47. The summed E-state index contributed by atoms with van der Waals surface area (Å²) in [6.07, 6.45) is 7.32. The van der Waals surface area contributed by atoms with Gasteiger partial charge in [0.25, 0.3) is 0 Å². The van der Waals surface area contributed by atoms with Crippen LogP contribution in [0.2, 0.25) is 0 Å². The van der Waals surface area contributed by atoms with Gasteiger partial charge in [0, 0.05) is 17.2 Å². The number of aryl methyl sites for hydroxylation is 3. The molecule has 1 unspecified atom stereocenters. The standard InChI is InChI=1S/C22H24O3S2/c1-14-9-19(12-21(26-4)27(5)23)20(10-15(14)2)25-13-17-8-16(3)22-18(11-17)6-7-24-22/h6-12H,13H2,1-5H3/b21-12+. The highest BCUT2D eigenvalue weighted by Crippen LogP contribution is 2.30. The van der Waals surface area contributed by atoms with Crippen molar-refractivity contribution in [2.45, 2.75) is 27.4 Å². The number of benzene rings is 2. The van der Waals surface area contributed by atoms with E-state index in [9.17, 15) is 4.21 Å². The van der Waals surface area contributed by atoms with Gasteiger partial charge in [-0.3, -0.25) is 4.21 Å². The molecule has 3 rings (SSSR count). The highest BCUT2D eigenvalue weighted by Gasteiger charge is 2.10. The maximum Gasteiger partial charge on any atom is 0.136 e. The third-order valence-electron chi connectivity index (χ3n) is 4.57. The van der Waals surface area contributed by atoms with Crippen molar-refractivity contribution >= 4 is 39.6 Å². The normalized spacial score (nSPS) is 13.1. The van der Waals surface area contributed by atoms with Gasteiger partial charge in [0.05, 0.1) is 21.3 Å². The van der Waals surface area contributed by atoms with Gasteiger partial charge in [-0.25, -0.2) is 0 Å². The summed E-state index contributed by atoms with van der Waals surface area (Å²) in [5.74, 6) is 0.806. The molecule has 0 spiro atoms. The van der Waals surface area contributed by atoms with E-state index in [-0.39, 0.29) is 0 Å². The number of hydrogen-bond acceptors (Lipinski definition) is 4. The van der Waals surface area contributed by atoms with Crippen molar-refractivity contribution in [3.8, 4) is 5.75 Å². The molecule has 5 heteroatoms. The molecular formula is C22H24O3S2. The van der Waals surface area contributed by atoms with Gasteiger partial charge < -0.3 is 9.15 Å². The number of fused-ring (bicyclic) bond motifs is 1. The Bertz CT molecular complexity index is 1030. The summed E-state index contributed by atoms with van der Waals surface area (Å²) in [4.78, 5) is 0. The van der Waals surface area contributed by atoms with Gasteiger partial charge >= 0.3 is 0 Å². The number of hydrogen-bond donors (Lipinski definition) is 0. The van der Waals surface area contributed by atoms with E-state index in [0.717, 1.165) is 37.6 Å². The zero-order valence-electron chi connectivity index (χ0n) is 16.3. The van der Waals surface area contributed by atoms with E-state index in [1.807, 2.05) is 25.3 Å². The summed E-state index contributed by atoms with van der Waals surface area (Å²) in [5.41, 5.74) is 6.43. The van der Waals surface area contributed by atoms with E-state index in [1.165, 1.54) is 22.9 Å². The fourth-order valence-electron chi connectivity index (χ4n) is 3.02. The van der Waals surface area contributed by atoms with Crippen LogP contribution in [0.3, 0.4) is 0 Å². The van der Waals surface area contributed by atoms with Crippen molar-refractivity contribution in [1.29, 1.82) is 0 Å². The zero-order chi connectivity index (χ0) is 19.6. The van der Waals surface area contributed by atoms with Crippen LogP contribution >= 0.6 is 11.8 Å². The Morgan fingerprint density at radius 3 is 2.59 bits per heavy atom. The lowest BCUT2D eigenvalue weighted by Gasteiger charge is -2.14. The SMILES string of the molecule is CS/C(=C\c1cc(C)c(C)cc1OCc1cc(C)c2occc2c1)S(C)=O. The quantitative estimate of drug-likeness (QED) is 0.510. The van der Waals surface area contributed by atoms with Gasteiger partial charge in [-0.15, -0.1) is 11.8 Å². The Hall–Kier alpha value is -1.98. The minimum absolute atomic E-state index is 0.467. The Balaban J connectivity index is 1.93. The van der Waals surface area contributed by atoms with Crippen LogP contribution in [0.5, 0.6) is 5.75 Å². The molecule has 0 bridgehead atoms. The van der Waals surface area contributed by atoms with Crippen LogP contribution in [-0.4, -0.2) is 16.7 Å². The van der Waals surface area contributed by atoms with E-state index < -0.39 is 10.8 Å². The molecule has 0 saturated carbocycles. The molecule has 0 aliphatic carbocycles. The summed E-state index contributed by atoms with van der Waals surface area (Å²) in [6, 6.07) is 10.3. The topological polar surface area (TPSA) is 39.4 Å². The Morgan fingerprint density at radius 2 is 1.89 bits per heavy atom. The molecule has 1 atom stereocenters.